The molecule has 0 aliphatic carbocycles. The highest BCUT2D eigenvalue weighted by atomic mass is 32.1. The first-order valence-corrected chi connectivity index (χ1v) is 8.05. The standard InChI is InChI=1S/C14H21N3O2S/c18-11-8-13(15-9-11)14(19)17-5-3-16(4-6-17)10-12-2-1-7-20-12/h1-2,7,11,13,15,18H,3-6,8-10H2/t11-,13+/m1/s1. The van der Waals surface area contributed by atoms with E-state index >= 15 is 0 Å². The van der Waals surface area contributed by atoms with E-state index in [-0.39, 0.29) is 18.1 Å². The molecular weight excluding hydrogens is 274 g/mol. The highest BCUT2D eigenvalue weighted by Gasteiger charge is 2.32. The van der Waals surface area contributed by atoms with Crippen LogP contribution in [0, 0.1) is 0 Å². The van der Waals surface area contributed by atoms with Crippen LogP contribution in [0.3, 0.4) is 0 Å². The van der Waals surface area contributed by atoms with Crippen LogP contribution in [0.1, 0.15) is 11.3 Å². The van der Waals surface area contributed by atoms with Gasteiger partial charge >= 0.3 is 0 Å². The molecule has 0 saturated carbocycles. The van der Waals surface area contributed by atoms with Gasteiger partial charge in [-0.25, -0.2) is 0 Å². The Morgan fingerprint density at radius 3 is 2.80 bits per heavy atom. The number of aliphatic hydroxyl groups is 1. The van der Waals surface area contributed by atoms with Crippen molar-refractivity contribution in [1.82, 2.24) is 15.1 Å². The van der Waals surface area contributed by atoms with Crippen molar-refractivity contribution < 1.29 is 9.90 Å². The molecular formula is C14H21N3O2S. The molecule has 2 N–H and O–H groups in total. The molecule has 2 fully saturated rings. The van der Waals surface area contributed by atoms with Crippen LogP contribution >= 0.6 is 11.3 Å². The zero-order valence-corrected chi connectivity index (χ0v) is 12.3. The summed E-state index contributed by atoms with van der Waals surface area (Å²) in [4.78, 5) is 18.0. The van der Waals surface area contributed by atoms with Crippen molar-refractivity contribution in [2.75, 3.05) is 32.7 Å². The number of hydrogen-bond acceptors (Lipinski definition) is 5. The van der Waals surface area contributed by atoms with Crippen molar-refractivity contribution in [2.24, 2.45) is 0 Å². The molecule has 0 aromatic carbocycles. The van der Waals surface area contributed by atoms with Gasteiger partial charge in [0.2, 0.25) is 5.91 Å². The Labute approximate surface area is 123 Å². The highest BCUT2D eigenvalue weighted by molar-refractivity contribution is 7.09. The van der Waals surface area contributed by atoms with E-state index < -0.39 is 0 Å². The van der Waals surface area contributed by atoms with E-state index in [9.17, 15) is 9.90 Å². The second-order valence-corrected chi connectivity index (χ2v) is 6.56. The third-order valence-corrected chi connectivity index (χ3v) is 4.91. The number of amides is 1. The Hall–Kier alpha value is -0.950. The van der Waals surface area contributed by atoms with E-state index in [0.29, 0.717) is 13.0 Å². The predicted octanol–water partition coefficient (Wildman–Crippen LogP) is 0.115. The molecule has 2 aliphatic heterocycles. The molecule has 5 nitrogen and oxygen atoms in total. The van der Waals surface area contributed by atoms with E-state index in [1.165, 1.54) is 4.88 Å². The van der Waals surface area contributed by atoms with Gasteiger partial charge in [0.05, 0.1) is 12.1 Å². The highest BCUT2D eigenvalue weighted by Crippen LogP contribution is 2.15. The van der Waals surface area contributed by atoms with E-state index in [1.807, 2.05) is 4.90 Å². The van der Waals surface area contributed by atoms with Crippen LogP contribution in [0.2, 0.25) is 0 Å². The summed E-state index contributed by atoms with van der Waals surface area (Å²) in [7, 11) is 0. The largest absolute Gasteiger partial charge is 0.392 e. The van der Waals surface area contributed by atoms with E-state index in [1.54, 1.807) is 11.3 Å². The van der Waals surface area contributed by atoms with Gasteiger partial charge in [-0.05, 0) is 17.9 Å². The lowest BCUT2D eigenvalue weighted by Gasteiger charge is -2.35. The molecule has 0 spiro atoms. The molecule has 20 heavy (non-hydrogen) atoms. The number of hydrogen-bond donors (Lipinski definition) is 2. The molecule has 0 unspecified atom stereocenters. The SMILES string of the molecule is O=C([C@@H]1C[C@@H](O)CN1)N1CCN(Cc2cccs2)CC1. The molecule has 1 aromatic rings. The summed E-state index contributed by atoms with van der Waals surface area (Å²) in [5.41, 5.74) is 0. The molecule has 6 heteroatoms. The first kappa shape index (κ1) is 14.0. The number of carbonyl (C=O) groups excluding carboxylic acids is 1. The molecule has 3 heterocycles. The Balaban J connectivity index is 1.47. The molecule has 0 bridgehead atoms. The second kappa shape index (κ2) is 6.22. The summed E-state index contributed by atoms with van der Waals surface area (Å²) in [6.07, 6.45) is 0.179. The van der Waals surface area contributed by atoms with Crippen LogP contribution in [0.4, 0.5) is 0 Å². The Kier molecular flexibility index (Phi) is 4.35. The maximum atomic E-state index is 12.3. The summed E-state index contributed by atoms with van der Waals surface area (Å²) >= 11 is 1.78. The second-order valence-electron chi connectivity index (χ2n) is 5.53. The zero-order valence-electron chi connectivity index (χ0n) is 11.5. The van der Waals surface area contributed by atoms with Gasteiger partial charge in [-0.15, -0.1) is 11.3 Å². The number of β-amino-alcohol motifs (C(OH)–C–C–N with tert-alkyl or cyclic N) is 1. The summed E-state index contributed by atoms with van der Waals surface area (Å²) < 4.78 is 0. The third kappa shape index (κ3) is 3.20. The number of piperazine rings is 1. The molecule has 110 valence electrons. The topological polar surface area (TPSA) is 55.8 Å². The van der Waals surface area contributed by atoms with Crippen LogP contribution in [0.5, 0.6) is 0 Å². The van der Waals surface area contributed by atoms with Gasteiger partial charge in [-0.3, -0.25) is 9.69 Å². The average Bonchev–Trinajstić information content (AvgIpc) is 3.10. The van der Waals surface area contributed by atoms with Crippen molar-refractivity contribution in [1.29, 1.82) is 0 Å². The number of nitrogens with one attached hydrogen (secondary N) is 1. The van der Waals surface area contributed by atoms with Gasteiger partial charge in [0.1, 0.15) is 0 Å². The van der Waals surface area contributed by atoms with Crippen LogP contribution in [0.25, 0.3) is 0 Å². The van der Waals surface area contributed by atoms with Crippen LogP contribution in [-0.4, -0.2) is 65.7 Å². The monoisotopic (exact) mass is 295 g/mol. The predicted molar refractivity (Wildman–Crippen MR) is 78.6 cm³/mol. The number of aliphatic hydroxyl groups excluding tert-OH is 1. The molecule has 2 saturated heterocycles. The normalized spacial score (nSPS) is 27.9. The lowest BCUT2D eigenvalue weighted by Crippen LogP contribution is -2.52. The minimum absolute atomic E-state index is 0.150. The van der Waals surface area contributed by atoms with Crippen molar-refractivity contribution in [2.45, 2.75) is 25.1 Å². The number of nitrogens with zero attached hydrogens (tertiary/aromatic N) is 2. The quantitative estimate of drug-likeness (QED) is 0.831. The smallest absolute Gasteiger partial charge is 0.239 e. The van der Waals surface area contributed by atoms with Crippen LogP contribution in [-0.2, 0) is 11.3 Å². The van der Waals surface area contributed by atoms with E-state index in [2.05, 4.69) is 27.7 Å². The summed E-state index contributed by atoms with van der Waals surface area (Å²) in [6, 6.07) is 4.05. The van der Waals surface area contributed by atoms with Crippen molar-refractivity contribution in [3.8, 4) is 0 Å². The van der Waals surface area contributed by atoms with E-state index in [0.717, 1.165) is 32.7 Å². The van der Waals surface area contributed by atoms with Crippen molar-refractivity contribution >= 4 is 17.2 Å². The van der Waals surface area contributed by atoms with Gasteiger partial charge in [-0.1, -0.05) is 6.07 Å². The maximum Gasteiger partial charge on any atom is 0.239 e. The maximum absolute atomic E-state index is 12.3. The summed E-state index contributed by atoms with van der Waals surface area (Å²) in [5.74, 6) is 0.150. The van der Waals surface area contributed by atoms with E-state index in [4.69, 9.17) is 0 Å². The van der Waals surface area contributed by atoms with Gasteiger partial charge in [0, 0.05) is 44.1 Å². The van der Waals surface area contributed by atoms with Gasteiger partial charge in [0.15, 0.2) is 0 Å². The Morgan fingerprint density at radius 1 is 1.40 bits per heavy atom. The van der Waals surface area contributed by atoms with Crippen molar-refractivity contribution in [3.63, 3.8) is 0 Å². The number of rotatable bonds is 3. The first-order chi connectivity index (χ1) is 9.72. The minimum atomic E-state index is -0.371. The summed E-state index contributed by atoms with van der Waals surface area (Å²) in [6.45, 7) is 4.96. The Bertz CT molecular complexity index is 443. The average molecular weight is 295 g/mol. The fourth-order valence-corrected chi connectivity index (χ4v) is 3.62. The fourth-order valence-electron chi connectivity index (χ4n) is 2.87. The lowest BCUT2D eigenvalue weighted by atomic mass is 10.1. The molecule has 0 radical (unpaired) electrons. The third-order valence-electron chi connectivity index (χ3n) is 4.05. The lowest BCUT2D eigenvalue weighted by molar-refractivity contribution is -0.135. The Morgan fingerprint density at radius 2 is 2.20 bits per heavy atom. The van der Waals surface area contributed by atoms with Gasteiger partial charge in [-0.2, -0.15) is 0 Å². The van der Waals surface area contributed by atoms with Crippen LogP contribution in [0.15, 0.2) is 17.5 Å². The number of carbonyl (C=O) groups is 1. The number of thiophene rings is 1. The molecule has 1 aromatic heterocycles. The van der Waals surface area contributed by atoms with Crippen molar-refractivity contribution in [3.05, 3.63) is 22.4 Å². The fraction of sp³-hybridized carbons (Fsp3) is 0.643. The minimum Gasteiger partial charge on any atom is -0.392 e. The first-order valence-electron chi connectivity index (χ1n) is 7.17. The molecule has 1 amide bonds. The summed E-state index contributed by atoms with van der Waals surface area (Å²) in [5, 5.41) is 14.7. The zero-order chi connectivity index (χ0) is 13.9. The van der Waals surface area contributed by atoms with Crippen LogP contribution < -0.4 is 5.32 Å². The van der Waals surface area contributed by atoms with Gasteiger partial charge < -0.3 is 15.3 Å². The molecule has 3 rings (SSSR count). The van der Waals surface area contributed by atoms with Gasteiger partial charge in [0.25, 0.3) is 0 Å². The molecule has 2 aliphatic rings. The molecule has 2 atom stereocenters.